The lowest BCUT2D eigenvalue weighted by molar-refractivity contribution is -0.145. The Morgan fingerprint density at radius 3 is 2.38 bits per heavy atom. The van der Waals surface area contributed by atoms with Crippen LogP contribution in [0.15, 0.2) is 0 Å². The number of hydrogen-bond donors (Lipinski definition) is 1. The summed E-state index contributed by atoms with van der Waals surface area (Å²) >= 11 is 0. The number of carbonyl (C=O) groups is 2. The minimum Gasteiger partial charge on any atom is -0.481 e. The Morgan fingerprint density at radius 1 is 1.38 bits per heavy atom. The highest BCUT2D eigenvalue weighted by Gasteiger charge is 2.63. The van der Waals surface area contributed by atoms with Crippen molar-refractivity contribution in [3.63, 3.8) is 0 Å². The lowest BCUT2D eigenvalue weighted by Gasteiger charge is -2.11. The van der Waals surface area contributed by atoms with E-state index < -0.39 is 5.97 Å². The first-order valence-corrected chi connectivity index (χ1v) is 4.98. The fraction of sp³-hybridized carbons (Fsp3) is 0.800. The summed E-state index contributed by atoms with van der Waals surface area (Å²) in [7, 11) is 1.65. The van der Waals surface area contributed by atoms with Gasteiger partial charge in [-0.05, 0) is 0 Å². The average molecular weight is 232 g/mol. The predicted molar refractivity (Wildman–Crippen MR) is 52.9 cm³/mol. The molecule has 4 unspecified atom stereocenters. The topological polar surface area (TPSA) is 82.1 Å². The Bertz CT molecular complexity index is 272. The van der Waals surface area contributed by atoms with Gasteiger partial charge in [0.2, 0.25) is 0 Å². The van der Waals surface area contributed by atoms with Crippen LogP contribution in [-0.4, -0.2) is 49.1 Å². The molecule has 4 atom stereocenters. The molecule has 0 aromatic carbocycles. The van der Waals surface area contributed by atoms with Crippen LogP contribution in [0.4, 0.5) is 0 Å². The standard InChI is InChI=1S/C8H12O4.C2H4O2/c1-4(9)12-8-6-5(10-2)3-11-7(6)8;1-2(3)4/h5-8H,3H2,1-2H3;1H3,(H,3,4). The Kier molecular flexibility index (Phi) is 4.26. The zero-order valence-electron chi connectivity index (χ0n) is 9.50. The molecule has 2 fully saturated rings. The zero-order valence-corrected chi connectivity index (χ0v) is 9.50. The van der Waals surface area contributed by atoms with E-state index in [2.05, 4.69) is 0 Å². The molecule has 1 saturated carbocycles. The van der Waals surface area contributed by atoms with Gasteiger partial charge in [-0.25, -0.2) is 0 Å². The normalized spacial score (nSPS) is 34.4. The van der Waals surface area contributed by atoms with Crippen molar-refractivity contribution in [1.29, 1.82) is 0 Å². The number of carboxylic acids is 1. The van der Waals surface area contributed by atoms with Crippen molar-refractivity contribution >= 4 is 11.9 Å². The number of esters is 1. The summed E-state index contributed by atoms with van der Waals surface area (Å²) in [5, 5.41) is 7.42. The van der Waals surface area contributed by atoms with Crippen LogP contribution in [0, 0.1) is 5.92 Å². The molecule has 1 aliphatic heterocycles. The Morgan fingerprint density at radius 2 is 1.94 bits per heavy atom. The van der Waals surface area contributed by atoms with Gasteiger partial charge in [0.25, 0.3) is 5.97 Å². The largest absolute Gasteiger partial charge is 0.481 e. The molecule has 1 N–H and O–H groups in total. The summed E-state index contributed by atoms with van der Waals surface area (Å²) in [5.41, 5.74) is 0. The molecular weight excluding hydrogens is 216 g/mol. The zero-order chi connectivity index (χ0) is 12.3. The molecule has 16 heavy (non-hydrogen) atoms. The number of aliphatic carboxylic acids is 1. The van der Waals surface area contributed by atoms with Crippen molar-refractivity contribution in [1.82, 2.24) is 0 Å². The second-order valence-corrected chi connectivity index (χ2v) is 3.74. The molecule has 0 amide bonds. The number of methoxy groups -OCH3 is 1. The van der Waals surface area contributed by atoms with Crippen molar-refractivity contribution in [2.24, 2.45) is 5.92 Å². The van der Waals surface area contributed by atoms with Gasteiger partial charge in [0.05, 0.1) is 18.6 Å². The van der Waals surface area contributed by atoms with Crippen molar-refractivity contribution in [2.45, 2.75) is 32.2 Å². The van der Waals surface area contributed by atoms with Crippen molar-refractivity contribution < 1.29 is 28.9 Å². The molecule has 1 aliphatic carbocycles. The van der Waals surface area contributed by atoms with Gasteiger partial charge in [0.1, 0.15) is 12.2 Å². The van der Waals surface area contributed by atoms with Crippen LogP contribution in [0.2, 0.25) is 0 Å². The average Bonchev–Trinajstić information content (AvgIpc) is 2.67. The minimum absolute atomic E-state index is 0.0544. The Hall–Kier alpha value is -1.14. The van der Waals surface area contributed by atoms with E-state index in [4.69, 9.17) is 24.1 Å². The molecule has 0 spiro atoms. The summed E-state index contributed by atoms with van der Waals surface area (Å²) in [6, 6.07) is 0. The molecule has 92 valence electrons. The number of fused-ring (bicyclic) bond motifs is 1. The van der Waals surface area contributed by atoms with Crippen LogP contribution >= 0.6 is 0 Å². The van der Waals surface area contributed by atoms with E-state index in [1.165, 1.54) is 6.92 Å². The van der Waals surface area contributed by atoms with Gasteiger partial charge < -0.3 is 19.3 Å². The molecule has 2 aliphatic rings. The number of rotatable bonds is 2. The molecular formula is C10H16O6. The van der Waals surface area contributed by atoms with Crippen molar-refractivity contribution in [3.8, 4) is 0 Å². The molecule has 6 nitrogen and oxygen atoms in total. The molecule has 0 radical (unpaired) electrons. The first-order valence-electron chi connectivity index (χ1n) is 4.98. The van der Waals surface area contributed by atoms with E-state index in [-0.39, 0.29) is 30.2 Å². The van der Waals surface area contributed by atoms with Gasteiger partial charge in [-0.1, -0.05) is 0 Å². The summed E-state index contributed by atoms with van der Waals surface area (Å²) in [4.78, 5) is 19.6. The van der Waals surface area contributed by atoms with E-state index in [0.717, 1.165) is 6.92 Å². The molecule has 6 heteroatoms. The smallest absolute Gasteiger partial charge is 0.303 e. The minimum atomic E-state index is -0.833. The third-order valence-corrected chi connectivity index (χ3v) is 2.43. The maximum atomic E-state index is 10.6. The van der Waals surface area contributed by atoms with Gasteiger partial charge in [0, 0.05) is 21.0 Å². The first kappa shape index (κ1) is 12.9. The monoisotopic (exact) mass is 232 g/mol. The second kappa shape index (κ2) is 5.27. The van der Waals surface area contributed by atoms with Crippen molar-refractivity contribution in [2.75, 3.05) is 13.7 Å². The van der Waals surface area contributed by atoms with Crippen LogP contribution < -0.4 is 0 Å². The number of carbonyl (C=O) groups excluding carboxylic acids is 1. The third kappa shape index (κ3) is 3.18. The Balaban J connectivity index is 0.000000280. The fourth-order valence-corrected chi connectivity index (χ4v) is 1.79. The second-order valence-electron chi connectivity index (χ2n) is 3.74. The summed E-state index contributed by atoms with van der Waals surface area (Å²) in [5.74, 6) is -0.799. The van der Waals surface area contributed by atoms with Gasteiger partial charge >= 0.3 is 5.97 Å². The van der Waals surface area contributed by atoms with E-state index in [9.17, 15) is 4.79 Å². The van der Waals surface area contributed by atoms with Gasteiger partial charge in [-0.15, -0.1) is 0 Å². The van der Waals surface area contributed by atoms with Gasteiger partial charge in [-0.3, -0.25) is 9.59 Å². The van der Waals surface area contributed by atoms with Crippen LogP contribution in [0.1, 0.15) is 13.8 Å². The highest BCUT2D eigenvalue weighted by molar-refractivity contribution is 5.66. The Labute approximate surface area is 93.5 Å². The molecule has 0 aromatic heterocycles. The van der Waals surface area contributed by atoms with E-state index >= 15 is 0 Å². The van der Waals surface area contributed by atoms with Crippen molar-refractivity contribution in [3.05, 3.63) is 0 Å². The van der Waals surface area contributed by atoms with Gasteiger partial charge in [-0.2, -0.15) is 0 Å². The molecule has 1 heterocycles. The predicted octanol–water partition coefficient (Wildman–Crippen LogP) is 0.0526. The van der Waals surface area contributed by atoms with Crippen LogP contribution in [0.5, 0.6) is 0 Å². The third-order valence-electron chi connectivity index (χ3n) is 2.43. The number of hydrogen-bond acceptors (Lipinski definition) is 5. The summed E-state index contributed by atoms with van der Waals surface area (Å²) in [6.45, 7) is 3.12. The summed E-state index contributed by atoms with van der Waals surface area (Å²) in [6.07, 6.45) is 0.152. The number of carboxylic acid groups (broad SMARTS) is 1. The lowest BCUT2D eigenvalue weighted by atomic mass is 10.2. The maximum absolute atomic E-state index is 10.6. The molecule has 0 bridgehead atoms. The fourth-order valence-electron chi connectivity index (χ4n) is 1.79. The van der Waals surface area contributed by atoms with E-state index in [0.29, 0.717) is 6.61 Å². The first-order chi connectivity index (χ1) is 7.47. The maximum Gasteiger partial charge on any atom is 0.303 e. The van der Waals surface area contributed by atoms with E-state index in [1.807, 2.05) is 0 Å². The van der Waals surface area contributed by atoms with Crippen LogP contribution in [0.3, 0.4) is 0 Å². The number of ether oxygens (including phenoxy) is 3. The van der Waals surface area contributed by atoms with Gasteiger partial charge in [0.15, 0.2) is 0 Å². The summed E-state index contributed by atoms with van der Waals surface area (Å²) < 4.78 is 15.5. The highest BCUT2D eigenvalue weighted by Crippen LogP contribution is 2.46. The molecule has 1 saturated heterocycles. The molecule has 0 aromatic rings. The van der Waals surface area contributed by atoms with Crippen LogP contribution in [-0.2, 0) is 23.8 Å². The van der Waals surface area contributed by atoms with E-state index in [1.54, 1.807) is 7.11 Å². The quantitative estimate of drug-likeness (QED) is 0.677. The lowest BCUT2D eigenvalue weighted by Crippen LogP contribution is -2.21. The SMILES string of the molecule is CC(=O)O.COC1COC2C(OC(C)=O)C12. The molecule has 2 rings (SSSR count). The highest BCUT2D eigenvalue weighted by atomic mass is 16.6. The van der Waals surface area contributed by atoms with Crippen LogP contribution in [0.25, 0.3) is 0 Å².